The van der Waals surface area contributed by atoms with Gasteiger partial charge in [0.1, 0.15) is 17.3 Å². The monoisotopic (exact) mass is 464 g/mol. The number of benzene rings is 3. The van der Waals surface area contributed by atoms with E-state index in [4.69, 9.17) is 21.1 Å². The van der Waals surface area contributed by atoms with E-state index in [1.54, 1.807) is 12.1 Å². The Morgan fingerprint density at radius 1 is 1.03 bits per heavy atom. The molecular weight excluding hydrogens is 447 g/mol. The number of carbonyl (C=O) groups excluding carboxylic acids is 1. The van der Waals surface area contributed by atoms with Gasteiger partial charge in [0.05, 0.1) is 22.7 Å². The lowest BCUT2D eigenvalue weighted by Crippen LogP contribution is -2.20. The zero-order valence-electron chi connectivity index (χ0n) is 16.3. The number of amides is 1. The van der Waals surface area contributed by atoms with Gasteiger partial charge in [-0.3, -0.25) is 9.52 Å². The molecule has 0 saturated carbocycles. The highest BCUT2D eigenvalue weighted by molar-refractivity contribution is 7.92. The predicted molar refractivity (Wildman–Crippen MR) is 116 cm³/mol. The first-order valence-corrected chi connectivity index (χ1v) is 10.8. The molecule has 7 nitrogen and oxygen atoms in total. The first-order valence-electron chi connectivity index (χ1n) is 8.91. The van der Waals surface area contributed by atoms with Crippen molar-refractivity contribution in [3.8, 4) is 11.5 Å². The van der Waals surface area contributed by atoms with Gasteiger partial charge in [-0.15, -0.1) is 0 Å². The number of methoxy groups -OCH3 is 1. The number of ether oxygens (including phenoxy) is 2. The van der Waals surface area contributed by atoms with Crippen LogP contribution >= 0.6 is 11.6 Å². The first kappa shape index (κ1) is 22.4. The lowest BCUT2D eigenvalue weighted by molar-refractivity contribution is -0.118. The SMILES string of the molecule is COc1ccc(NS(=O)(=O)c2ccc(OCC(=O)Nc3cccc(F)c3)cc2)cc1Cl. The van der Waals surface area contributed by atoms with E-state index in [2.05, 4.69) is 10.0 Å². The second-order valence-corrected chi connectivity index (χ2v) is 8.36. The van der Waals surface area contributed by atoms with Crippen molar-refractivity contribution in [3.05, 3.63) is 77.6 Å². The van der Waals surface area contributed by atoms with Crippen LogP contribution in [0.4, 0.5) is 15.8 Å². The molecule has 0 aliphatic heterocycles. The van der Waals surface area contributed by atoms with Crippen molar-refractivity contribution < 1.29 is 27.1 Å². The van der Waals surface area contributed by atoms with Crippen LogP contribution in [0.1, 0.15) is 0 Å². The molecule has 1 amide bonds. The number of nitrogens with one attached hydrogen (secondary N) is 2. The zero-order chi connectivity index (χ0) is 22.4. The summed E-state index contributed by atoms with van der Waals surface area (Å²) in [5.74, 6) is -0.241. The van der Waals surface area contributed by atoms with Gasteiger partial charge < -0.3 is 14.8 Å². The topological polar surface area (TPSA) is 93.7 Å². The lowest BCUT2D eigenvalue weighted by atomic mass is 10.3. The van der Waals surface area contributed by atoms with Gasteiger partial charge in [-0.05, 0) is 60.7 Å². The summed E-state index contributed by atoms with van der Waals surface area (Å²) in [6.45, 7) is -0.328. The van der Waals surface area contributed by atoms with Crippen LogP contribution in [0.5, 0.6) is 11.5 Å². The van der Waals surface area contributed by atoms with E-state index in [0.717, 1.165) is 0 Å². The highest BCUT2D eigenvalue weighted by atomic mass is 35.5. The van der Waals surface area contributed by atoms with Crippen molar-refractivity contribution in [2.75, 3.05) is 23.8 Å². The van der Waals surface area contributed by atoms with Gasteiger partial charge in [-0.25, -0.2) is 12.8 Å². The molecule has 31 heavy (non-hydrogen) atoms. The van der Waals surface area contributed by atoms with E-state index in [9.17, 15) is 17.6 Å². The molecule has 0 aromatic heterocycles. The fraction of sp³-hybridized carbons (Fsp3) is 0.0952. The smallest absolute Gasteiger partial charge is 0.262 e. The van der Waals surface area contributed by atoms with Gasteiger partial charge in [0.2, 0.25) is 0 Å². The summed E-state index contributed by atoms with van der Waals surface area (Å²) in [7, 11) is -2.40. The minimum absolute atomic E-state index is 0.00370. The van der Waals surface area contributed by atoms with Crippen molar-refractivity contribution in [1.29, 1.82) is 0 Å². The summed E-state index contributed by atoms with van der Waals surface area (Å²) in [6, 6.07) is 15.5. The average Bonchev–Trinajstić information content (AvgIpc) is 2.72. The standard InChI is InChI=1S/C21H18ClFN2O5S/c1-29-20-10-5-16(12-19(20)22)25-31(27,28)18-8-6-17(7-9-18)30-13-21(26)24-15-4-2-3-14(23)11-15/h2-12,25H,13H2,1H3,(H,24,26). The van der Waals surface area contributed by atoms with Crippen molar-refractivity contribution in [2.24, 2.45) is 0 Å². The molecule has 3 aromatic rings. The number of hydrogen-bond donors (Lipinski definition) is 2. The quantitative estimate of drug-likeness (QED) is 0.518. The van der Waals surface area contributed by atoms with Gasteiger partial charge in [-0.1, -0.05) is 17.7 Å². The Labute approximate surface area is 183 Å². The van der Waals surface area contributed by atoms with Gasteiger partial charge in [-0.2, -0.15) is 0 Å². The van der Waals surface area contributed by atoms with E-state index < -0.39 is 21.7 Å². The molecule has 0 aliphatic carbocycles. The van der Waals surface area contributed by atoms with Crippen molar-refractivity contribution in [2.45, 2.75) is 4.90 Å². The van der Waals surface area contributed by atoms with E-state index in [1.165, 1.54) is 61.7 Å². The largest absolute Gasteiger partial charge is 0.495 e. The number of anilines is 2. The van der Waals surface area contributed by atoms with Crippen LogP contribution < -0.4 is 19.5 Å². The van der Waals surface area contributed by atoms with E-state index >= 15 is 0 Å². The van der Waals surface area contributed by atoms with Crippen LogP contribution in [0, 0.1) is 5.82 Å². The molecule has 3 rings (SSSR count). The average molecular weight is 465 g/mol. The van der Waals surface area contributed by atoms with Gasteiger partial charge in [0.15, 0.2) is 6.61 Å². The maximum absolute atomic E-state index is 13.1. The lowest BCUT2D eigenvalue weighted by Gasteiger charge is -2.11. The first-order chi connectivity index (χ1) is 14.8. The maximum Gasteiger partial charge on any atom is 0.262 e. The molecule has 0 fully saturated rings. The Hall–Kier alpha value is -3.30. The van der Waals surface area contributed by atoms with E-state index in [1.807, 2.05) is 0 Å². The summed E-state index contributed by atoms with van der Waals surface area (Å²) in [5.41, 5.74) is 0.583. The van der Waals surface area contributed by atoms with Gasteiger partial charge >= 0.3 is 0 Å². The van der Waals surface area contributed by atoms with Crippen LogP contribution in [0.25, 0.3) is 0 Å². The van der Waals surface area contributed by atoms with E-state index in [0.29, 0.717) is 17.2 Å². The summed E-state index contributed by atoms with van der Waals surface area (Å²) >= 11 is 6.02. The molecule has 0 heterocycles. The normalized spacial score (nSPS) is 10.9. The number of sulfonamides is 1. The minimum Gasteiger partial charge on any atom is -0.495 e. The van der Waals surface area contributed by atoms with Gasteiger partial charge in [0, 0.05) is 5.69 Å². The molecule has 0 radical (unpaired) electrons. The minimum atomic E-state index is -3.86. The van der Waals surface area contributed by atoms with Crippen LogP contribution in [0.15, 0.2) is 71.6 Å². The second-order valence-electron chi connectivity index (χ2n) is 6.27. The Balaban J connectivity index is 1.59. The highest BCUT2D eigenvalue weighted by Gasteiger charge is 2.15. The van der Waals surface area contributed by atoms with Crippen LogP contribution in [-0.4, -0.2) is 28.0 Å². The highest BCUT2D eigenvalue weighted by Crippen LogP contribution is 2.28. The predicted octanol–water partition coefficient (Wildman–Crippen LogP) is 4.31. The van der Waals surface area contributed by atoms with Crippen molar-refractivity contribution in [3.63, 3.8) is 0 Å². The van der Waals surface area contributed by atoms with E-state index in [-0.39, 0.29) is 22.2 Å². The van der Waals surface area contributed by atoms with Crippen LogP contribution in [0.2, 0.25) is 5.02 Å². The molecule has 0 saturated heterocycles. The number of carbonyl (C=O) groups is 1. The Kier molecular flexibility index (Phi) is 6.98. The maximum atomic E-state index is 13.1. The molecule has 10 heteroatoms. The number of halogens is 2. The summed E-state index contributed by atoms with van der Waals surface area (Å²) in [5, 5.41) is 2.77. The second kappa shape index (κ2) is 9.67. The van der Waals surface area contributed by atoms with Crippen LogP contribution in [0.3, 0.4) is 0 Å². The molecular formula is C21H18ClFN2O5S. The third-order valence-corrected chi connectivity index (χ3v) is 5.71. The Bertz CT molecular complexity index is 1190. The molecule has 0 unspecified atom stereocenters. The number of hydrogen-bond acceptors (Lipinski definition) is 5. The third kappa shape index (κ3) is 6.09. The van der Waals surface area contributed by atoms with Gasteiger partial charge in [0.25, 0.3) is 15.9 Å². The molecule has 162 valence electrons. The van der Waals surface area contributed by atoms with Crippen molar-refractivity contribution >= 4 is 38.9 Å². The molecule has 0 aliphatic rings. The summed E-state index contributed by atoms with van der Waals surface area (Å²) in [6.07, 6.45) is 0. The fourth-order valence-corrected chi connectivity index (χ4v) is 3.88. The van der Waals surface area contributed by atoms with Crippen LogP contribution in [-0.2, 0) is 14.8 Å². The third-order valence-electron chi connectivity index (χ3n) is 4.02. The summed E-state index contributed by atoms with van der Waals surface area (Å²) < 4.78 is 51.1. The molecule has 0 atom stereocenters. The Morgan fingerprint density at radius 3 is 2.42 bits per heavy atom. The molecule has 3 aromatic carbocycles. The zero-order valence-corrected chi connectivity index (χ0v) is 17.8. The fourth-order valence-electron chi connectivity index (χ4n) is 2.57. The van der Waals surface area contributed by atoms with Crippen molar-refractivity contribution in [1.82, 2.24) is 0 Å². The number of rotatable bonds is 8. The summed E-state index contributed by atoms with van der Waals surface area (Å²) in [4.78, 5) is 11.9. The Morgan fingerprint density at radius 2 is 1.77 bits per heavy atom. The molecule has 0 bridgehead atoms. The molecule has 0 spiro atoms. The molecule has 2 N–H and O–H groups in total.